The van der Waals surface area contributed by atoms with Gasteiger partial charge in [0.1, 0.15) is 11.2 Å². The smallest absolute Gasteiger partial charge is 0.143 e. The Balaban J connectivity index is 0.000000836. The molecule has 0 aliphatic rings. The Labute approximate surface area is 366 Å². The van der Waals surface area contributed by atoms with Crippen LogP contribution < -0.4 is 4.90 Å². The summed E-state index contributed by atoms with van der Waals surface area (Å²) in [6, 6.07) is 80.0. The number of allylic oxidation sites excluding steroid dienone is 2. The third-order valence-electron chi connectivity index (χ3n) is 11.1. The molecular formula is C60H51NO. The Morgan fingerprint density at radius 1 is 0.306 bits per heavy atom. The van der Waals surface area contributed by atoms with Crippen molar-refractivity contribution in [1.82, 2.24) is 0 Å². The van der Waals surface area contributed by atoms with Crippen LogP contribution in [-0.2, 0) is 0 Å². The van der Waals surface area contributed by atoms with Gasteiger partial charge in [0.05, 0.1) is 0 Å². The van der Waals surface area contributed by atoms with Crippen LogP contribution in [0.2, 0.25) is 0 Å². The molecule has 2 heteroatoms. The first-order chi connectivity index (χ1) is 30.7. The zero-order chi connectivity index (χ0) is 42.7. The van der Waals surface area contributed by atoms with Crippen molar-refractivity contribution in [3.63, 3.8) is 0 Å². The summed E-state index contributed by atoms with van der Waals surface area (Å²) in [4.78, 5) is 2.33. The second-order valence-corrected chi connectivity index (χ2v) is 14.8. The van der Waals surface area contributed by atoms with Crippen LogP contribution in [0.25, 0.3) is 77.6 Å². The Kier molecular flexibility index (Phi) is 13.0. The van der Waals surface area contributed by atoms with E-state index >= 15 is 0 Å². The van der Waals surface area contributed by atoms with Gasteiger partial charge >= 0.3 is 0 Å². The van der Waals surface area contributed by atoms with Gasteiger partial charge in [-0.3, -0.25) is 0 Å². The molecule has 0 amide bonds. The van der Waals surface area contributed by atoms with E-state index in [0.717, 1.165) is 50.1 Å². The Hall–Kier alpha value is -7.68. The molecule has 0 saturated heterocycles. The summed E-state index contributed by atoms with van der Waals surface area (Å²) in [5, 5.41) is 2.27. The zero-order valence-corrected chi connectivity index (χ0v) is 35.9. The molecule has 1 heterocycles. The van der Waals surface area contributed by atoms with E-state index in [0.29, 0.717) is 0 Å². The average Bonchev–Trinajstić information content (AvgIpc) is 3.75. The summed E-state index contributed by atoms with van der Waals surface area (Å²) in [6.45, 7) is 8.00. The molecule has 2 nitrogen and oxygen atoms in total. The molecule has 0 fully saturated rings. The van der Waals surface area contributed by atoms with Gasteiger partial charge in [-0.25, -0.2) is 0 Å². The molecule has 10 aromatic rings. The summed E-state index contributed by atoms with van der Waals surface area (Å²) in [5.41, 5.74) is 16.9. The SMILES string of the molecule is C/C=C\C.CC.c1ccc(-c2ccc(-c3ccc(N(c4ccc(-c5ccc(-c6ccccc6)cc5)cc4)c4ccc(-c5cccc6c5oc5ccccc56)cc4)cc3)cc2)cc1. The van der Waals surface area contributed by atoms with Gasteiger partial charge in [0.25, 0.3) is 0 Å². The summed E-state index contributed by atoms with van der Waals surface area (Å²) < 4.78 is 6.40. The van der Waals surface area contributed by atoms with Crippen LogP contribution in [0.15, 0.2) is 241 Å². The lowest BCUT2D eigenvalue weighted by Gasteiger charge is -2.26. The fraction of sp³-hybridized carbons (Fsp3) is 0.0667. The lowest BCUT2D eigenvalue weighted by molar-refractivity contribution is 0.670. The van der Waals surface area contributed by atoms with E-state index in [1.54, 1.807) is 0 Å². The molecule has 0 bridgehead atoms. The van der Waals surface area contributed by atoms with E-state index in [4.69, 9.17) is 4.42 Å². The van der Waals surface area contributed by atoms with Crippen molar-refractivity contribution in [1.29, 1.82) is 0 Å². The van der Waals surface area contributed by atoms with Gasteiger partial charge in [-0.2, -0.15) is 0 Å². The van der Waals surface area contributed by atoms with Crippen LogP contribution in [0.4, 0.5) is 17.1 Å². The molecule has 0 radical (unpaired) electrons. The predicted molar refractivity (Wildman–Crippen MR) is 267 cm³/mol. The molecule has 0 spiro atoms. The summed E-state index contributed by atoms with van der Waals surface area (Å²) in [6.07, 6.45) is 4.00. The van der Waals surface area contributed by atoms with Gasteiger partial charge in [-0.15, -0.1) is 0 Å². The molecule has 62 heavy (non-hydrogen) atoms. The minimum Gasteiger partial charge on any atom is -0.455 e. The van der Waals surface area contributed by atoms with Crippen molar-refractivity contribution in [2.24, 2.45) is 0 Å². The minimum atomic E-state index is 0.906. The van der Waals surface area contributed by atoms with Gasteiger partial charge in [-0.1, -0.05) is 208 Å². The molecule has 0 aliphatic heterocycles. The van der Waals surface area contributed by atoms with Crippen LogP contribution in [0.1, 0.15) is 27.7 Å². The number of nitrogens with zero attached hydrogens (tertiary/aromatic N) is 1. The third kappa shape index (κ3) is 8.92. The quantitative estimate of drug-likeness (QED) is 0.142. The highest BCUT2D eigenvalue weighted by Crippen LogP contribution is 2.40. The summed E-state index contributed by atoms with van der Waals surface area (Å²) >= 11 is 0. The van der Waals surface area contributed by atoms with E-state index in [1.807, 2.05) is 52.0 Å². The second-order valence-electron chi connectivity index (χ2n) is 14.8. The number of hydrogen-bond acceptors (Lipinski definition) is 2. The van der Waals surface area contributed by atoms with Gasteiger partial charge in [-0.05, 0) is 106 Å². The highest BCUT2D eigenvalue weighted by molar-refractivity contribution is 6.09. The molecule has 0 saturated carbocycles. The maximum Gasteiger partial charge on any atom is 0.143 e. The van der Waals surface area contributed by atoms with Crippen LogP contribution in [-0.4, -0.2) is 0 Å². The lowest BCUT2D eigenvalue weighted by Crippen LogP contribution is -2.09. The number of fused-ring (bicyclic) bond motifs is 3. The van der Waals surface area contributed by atoms with Gasteiger partial charge in [0.2, 0.25) is 0 Å². The molecule has 9 aromatic carbocycles. The summed E-state index contributed by atoms with van der Waals surface area (Å²) in [5.74, 6) is 0. The number of anilines is 3. The Morgan fingerprint density at radius 3 is 1.03 bits per heavy atom. The van der Waals surface area contributed by atoms with Crippen LogP contribution in [0.3, 0.4) is 0 Å². The fourth-order valence-corrected chi connectivity index (χ4v) is 7.79. The predicted octanol–water partition coefficient (Wildman–Crippen LogP) is 18.0. The maximum atomic E-state index is 6.40. The number of hydrogen-bond donors (Lipinski definition) is 0. The van der Waals surface area contributed by atoms with E-state index in [9.17, 15) is 0 Å². The van der Waals surface area contributed by atoms with Crippen molar-refractivity contribution in [3.8, 4) is 55.6 Å². The average molecular weight is 802 g/mol. The van der Waals surface area contributed by atoms with Crippen molar-refractivity contribution in [3.05, 3.63) is 237 Å². The molecule has 0 N–H and O–H groups in total. The van der Waals surface area contributed by atoms with Crippen molar-refractivity contribution in [2.75, 3.05) is 4.90 Å². The largest absolute Gasteiger partial charge is 0.455 e. The van der Waals surface area contributed by atoms with Crippen LogP contribution in [0.5, 0.6) is 0 Å². The number of para-hydroxylation sites is 2. The Morgan fingerprint density at radius 2 is 0.629 bits per heavy atom. The summed E-state index contributed by atoms with van der Waals surface area (Å²) in [7, 11) is 0. The Bertz CT molecular complexity index is 2850. The standard InChI is InChI=1S/C54H37NO.C4H8.C2H6/c1-3-10-38(11-4-1)40-18-22-42(23-19-40)44-26-32-47(33-27-44)55(48-34-28-45(29-35-48)43-24-20-41(21-25-43)39-12-5-2-6-13-39)49-36-30-46(31-37-49)50-15-9-16-52-51-14-7-8-17-53(51)56-54(50)52;1-3-4-2;1-2/h1-37H;3-4H,1-2H3;1-2H3/b;4-3-;. The van der Waals surface area contributed by atoms with Crippen molar-refractivity contribution >= 4 is 39.0 Å². The normalized spacial score (nSPS) is 10.8. The molecule has 0 unspecified atom stereocenters. The van der Waals surface area contributed by atoms with E-state index in [1.165, 1.54) is 44.5 Å². The molecule has 302 valence electrons. The monoisotopic (exact) mass is 801 g/mol. The highest BCUT2D eigenvalue weighted by atomic mass is 16.3. The molecule has 10 rings (SSSR count). The molecule has 0 aliphatic carbocycles. The first kappa shape index (κ1) is 41.1. The van der Waals surface area contributed by atoms with E-state index < -0.39 is 0 Å². The van der Waals surface area contributed by atoms with Crippen LogP contribution in [0, 0.1) is 0 Å². The fourth-order valence-electron chi connectivity index (χ4n) is 7.79. The first-order valence-electron chi connectivity index (χ1n) is 21.6. The van der Waals surface area contributed by atoms with Gasteiger partial charge < -0.3 is 9.32 Å². The lowest BCUT2D eigenvalue weighted by atomic mass is 9.99. The highest BCUT2D eigenvalue weighted by Gasteiger charge is 2.16. The van der Waals surface area contributed by atoms with Gasteiger partial charge in [0, 0.05) is 33.4 Å². The van der Waals surface area contributed by atoms with Gasteiger partial charge in [0.15, 0.2) is 0 Å². The van der Waals surface area contributed by atoms with Crippen LogP contribution >= 0.6 is 0 Å². The third-order valence-corrected chi connectivity index (χ3v) is 11.1. The van der Waals surface area contributed by atoms with Crippen molar-refractivity contribution < 1.29 is 4.42 Å². The number of furan rings is 1. The number of benzene rings is 9. The molecule has 1 aromatic heterocycles. The molecule has 0 atom stereocenters. The van der Waals surface area contributed by atoms with Crippen molar-refractivity contribution in [2.45, 2.75) is 27.7 Å². The first-order valence-corrected chi connectivity index (χ1v) is 21.6. The maximum absolute atomic E-state index is 6.40. The van der Waals surface area contributed by atoms with E-state index in [-0.39, 0.29) is 0 Å². The zero-order valence-electron chi connectivity index (χ0n) is 35.9. The topological polar surface area (TPSA) is 16.4 Å². The second kappa shape index (κ2) is 19.6. The van der Waals surface area contributed by atoms with E-state index in [2.05, 4.69) is 217 Å². The number of rotatable bonds is 8. The minimum absolute atomic E-state index is 0.906. The molecular weight excluding hydrogens is 751 g/mol.